The molecule has 0 saturated heterocycles. The number of ether oxygens (including phenoxy) is 3. The van der Waals surface area contributed by atoms with E-state index >= 15 is 0 Å². The molecule has 2 rings (SSSR count). The zero-order valence-electron chi connectivity index (χ0n) is 18.1. The number of benzene rings is 2. The Kier molecular flexibility index (Phi) is 10.6. The molecule has 0 aliphatic heterocycles. The number of carbonyl (C=O) groups excluding carboxylic acids is 1. The second-order valence-electron chi connectivity index (χ2n) is 6.97. The highest BCUT2D eigenvalue weighted by molar-refractivity contribution is 5.86. The molecule has 0 aromatic heterocycles. The predicted octanol–water partition coefficient (Wildman–Crippen LogP) is 6.73. The molecule has 0 N–H and O–H groups in total. The topological polar surface area (TPSA) is 69.5 Å². The molecule has 0 radical (unpaired) electrons. The van der Waals surface area contributed by atoms with E-state index in [2.05, 4.69) is 23.4 Å². The molecular weight excluding hydrogens is 392 g/mol. The van der Waals surface area contributed by atoms with Gasteiger partial charge in [-0.1, -0.05) is 19.2 Å². The lowest BCUT2D eigenvalue weighted by Gasteiger charge is -2.07. The summed E-state index contributed by atoms with van der Waals surface area (Å²) in [4.78, 5) is 11.3. The lowest BCUT2D eigenvalue weighted by atomic mass is 10.2. The summed E-state index contributed by atoms with van der Waals surface area (Å²) in [7, 11) is 0. The molecule has 164 valence electrons. The standard InChI is InChI=1S/C25H30N2O4/c1-4-17-29-23-13-9-21(10-14-23)26-27-22-11-15-24(16-12-22)30-18-7-5-6-8-19-31-25(28)20(2)3/h4,9-16H,1-2,5-8,17-19H2,3H3. The first-order chi connectivity index (χ1) is 15.1. The van der Waals surface area contributed by atoms with Crippen molar-refractivity contribution in [2.24, 2.45) is 10.2 Å². The minimum absolute atomic E-state index is 0.321. The minimum atomic E-state index is -0.321. The van der Waals surface area contributed by atoms with Crippen LogP contribution in [0.4, 0.5) is 11.4 Å². The minimum Gasteiger partial charge on any atom is -0.494 e. The summed E-state index contributed by atoms with van der Waals surface area (Å²) in [6.45, 7) is 10.4. The summed E-state index contributed by atoms with van der Waals surface area (Å²) in [5, 5.41) is 8.47. The van der Waals surface area contributed by atoms with E-state index < -0.39 is 0 Å². The van der Waals surface area contributed by atoms with Crippen molar-refractivity contribution >= 4 is 17.3 Å². The molecule has 0 bridgehead atoms. The Morgan fingerprint density at radius 3 is 1.87 bits per heavy atom. The van der Waals surface area contributed by atoms with Gasteiger partial charge in [0, 0.05) is 5.57 Å². The summed E-state index contributed by atoms with van der Waals surface area (Å²) >= 11 is 0. The first-order valence-electron chi connectivity index (χ1n) is 10.4. The largest absolute Gasteiger partial charge is 0.494 e. The third-order valence-corrected chi connectivity index (χ3v) is 4.21. The average Bonchev–Trinajstić information content (AvgIpc) is 2.79. The van der Waals surface area contributed by atoms with Gasteiger partial charge >= 0.3 is 5.97 Å². The highest BCUT2D eigenvalue weighted by Gasteiger charge is 2.02. The Balaban J connectivity index is 1.63. The van der Waals surface area contributed by atoms with Crippen molar-refractivity contribution in [2.45, 2.75) is 32.6 Å². The van der Waals surface area contributed by atoms with Crippen LogP contribution in [-0.4, -0.2) is 25.8 Å². The van der Waals surface area contributed by atoms with Crippen LogP contribution in [0.1, 0.15) is 32.6 Å². The molecule has 0 spiro atoms. The number of azo groups is 1. The van der Waals surface area contributed by atoms with Gasteiger partial charge in [0.2, 0.25) is 0 Å². The molecule has 0 aliphatic carbocycles. The van der Waals surface area contributed by atoms with E-state index in [9.17, 15) is 4.79 Å². The van der Waals surface area contributed by atoms with Crippen molar-refractivity contribution in [3.8, 4) is 11.5 Å². The molecular formula is C25H30N2O4. The zero-order valence-corrected chi connectivity index (χ0v) is 18.1. The van der Waals surface area contributed by atoms with Gasteiger partial charge in [-0.05, 0) is 81.1 Å². The van der Waals surface area contributed by atoms with E-state index in [4.69, 9.17) is 14.2 Å². The van der Waals surface area contributed by atoms with Gasteiger partial charge in [0.15, 0.2) is 0 Å². The Labute approximate surface area is 184 Å². The van der Waals surface area contributed by atoms with E-state index in [0.717, 1.165) is 48.6 Å². The highest BCUT2D eigenvalue weighted by atomic mass is 16.5. The van der Waals surface area contributed by atoms with Crippen LogP contribution in [0.5, 0.6) is 11.5 Å². The maximum atomic E-state index is 11.3. The number of hydrogen-bond donors (Lipinski definition) is 0. The van der Waals surface area contributed by atoms with Crippen LogP contribution in [0.3, 0.4) is 0 Å². The Bertz CT molecular complexity index is 858. The molecule has 0 heterocycles. The van der Waals surface area contributed by atoms with Crippen LogP contribution in [0.25, 0.3) is 0 Å². The maximum Gasteiger partial charge on any atom is 0.333 e. The third kappa shape index (κ3) is 9.76. The number of hydrogen-bond acceptors (Lipinski definition) is 6. The van der Waals surface area contributed by atoms with Crippen molar-refractivity contribution in [1.82, 2.24) is 0 Å². The van der Waals surface area contributed by atoms with Crippen molar-refractivity contribution in [3.05, 3.63) is 73.3 Å². The Morgan fingerprint density at radius 2 is 1.35 bits per heavy atom. The maximum absolute atomic E-state index is 11.3. The number of rotatable bonds is 14. The molecule has 0 atom stereocenters. The van der Waals surface area contributed by atoms with Crippen LogP contribution >= 0.6 is 0 Å². The molecule has 0 fully saturated rings. The van der Waals surface area contributed by atoms with Crippen LogP contribution < -0.4 is 9.47 Å². The van der Waals surface area contributed by atoms with Gasteiger partial charge < -0.3 is 14.2 Å². The summed E-state index contributed by atoms with van der Waals surface area (Å²) in [5.41, 5.74) is 1.94. The lowest BCUT2D eigenvalue weighted by molar-refractivity contribution is -0.139. The second kappa shape index (κ2) is 13.7. The molecule has 2 aromatic rings. The molecule has 0 aliphatic rings. The second-order valence-corrected chi connectivity index (χ2v) is 6.97. The fraction of sp³-hybridized carbons (Fsp3) is 0.320. The average molecular weight is 423 g/mol. The fourth-order valence-corrected chi connectivity index (χ4v) is 2.52. The summed E-state index contributed by atoms with van der Waals surface area (Å²) in [6.07, 6.45) is 5.52. The van der Waals surface area contributed by atoms with Crippen molar-refractivity contribution in [1.29, 1.82) is 0 Å². The van der Waals surface area contributed by atoms with E-state index in [0.29, 0.717) is 25.4 Å². The van der Waals surface area contributed by atoms with E-state index in [1.165, 1.54) is 0 Å². The highest BCUT2D eigenvalue weighted by Crippen LogP contribution is 2.23. The number of esters is 1. The van der Waals surface area contributed by atoms with E-state index in [1.807, 2.05) is 48.5 Å². The lowest BCUT2D eigenvalue weighted by Crippen LogP contribution is -2.06. The molecule has 0 saturated carbocycles. The molecule has 6 heteroatoms. The number of carbonyl (C=O) groups is 1. The van der Waals surface area contributed by atoms with Gasteiger partial charge in [-0.2, -0.15) is 10.2 Å². The van der Waals surface area contributed by atoms with Gasteiger partial charge in [-0.15, -0.1) is 0 Å². The van der Waals surface area contributed by atoms with Gasteiger partial charge in [0.25, 0.3) is 0 Å². The fourth-order valence-electron chi connectivity index (χ4n) is 2.52. The van der Waals surface area contributed by atoms with Gasteiger partial charge in [0.1, 0.15) is 18.1 Å². The van der Waals surface area contributed by atoms with Crippen LogP contribution in [0, 0.1) is 0 Å². The van der Waals surface area contributed by atoms with E-state index in [1.54, 1.807) is 13.0 Å². The Hall–Kier alpha value is -3.41. The molecule has 6 nitrogen and oxygen atoms in total. The first kappa shape index (κ1) is 23.9. The van der Waals surface area contributed by atoms with Crippen molar-refractivity contribution in [3.63, 3.8) is 0 Å². The molecule has 0 unspecified atom stereocenters. The number of unbranched alkanes of at least 4 members (excludes halogenated alkanes) is 3. The quantitative estimate of drug-likeness (QED) is 0.111. The zero-order chi connectivity index (χ0) is 22.3. The van der Waals surface area contributed by atoms with E-state index in [-0.39, 0.29) is 5.97 Å². The van der Waals surface area contributed by atoms with Gasteiger partial charge in [0.05, 0.1) is 24.6 Å². The van der Waals surface area contributed by atoms with Crippen molar-refractivity contribution in [2.75, 3.05) is 19.8 Å². The molecule has 2 aromatic carbocycles. The molecule has 0 amide bonds. The van der Waals surface area contributed by atoms with Gasteiger partial charge in [-0.25, -0.2) is 4.79 Å². The van der Waals surface area contributed by atoms with Crippen LogP contribution in [0.2, 0.25) is 0 Å². The van der Waals surface area contributed by atoms with Crippen LogP contribution in [0.15, 0.2) is 83.6 Å². The summed E-state index contributed by atoms with van der Waals surface area (Å²) in [5.74, 6) is 1.25. The van der Waals surface area contributed by atoms with Gasteiger partial charge in [-0.3, -0.25) is 0 Å². The smallest absolute Gasteiger partial charge is 0.333 e. The van der Waals surface area contributed by atoms with Crippen molar-refractivity contribution < 1.29 is 19.0 Å². The SMILES string of the molecule is C=CCOc1ccc(N=Nc2ccc(OCCCCCCOC(=O)C(=C)C)cc2)cc1. The van der Waals surface area contributed by atoms with Crippen LogP contribution in [-0.2, 0) is 9.53 Å². The summed E-state index contributed by atoms with van der Waals surface area (Å²) < 4.78 is 16.3. The first-order valence-corrected chi connectivity index (χ1v) is 10.4. The predicted molar refractivity (Wildman–Crippen MR) is 122 cm³/mol. The monoisotopic (exact) mass is 422 g/mol. The molecule has 31 heavy (non-hydrogen) atoms. The third-order valence-electron chi connectivity index (χ3n) is 4.21. The summed E-state index contributed by atoms with van der Waals surface area (Å²) in [6, 6.07) is 14.9. The number of nitrogens with zero attached hydrogens (tertiary/aromatic N) is 2. The normalized spacial score (nSPS) is 10.6. The Morgan fingerprint density at radius 1 is 0.839 bits per heavy atom.